The van der Waals surface area contributed by atoms with Crippen molar-refractivity contribution in [2.75, 3.05) is 18.1 Å². The quantitative estimate of drug-likeness (QED) is 0.854. The largest absolute Gasteiger partial charge is 0.438 e. The van der Waals surface area contributed by atoms with Crippen LogP contribution in [0.3, 0.4) is 0 Å². The van der Waals surface area contributed by atoms with E-state index in [0.29, 0.717) is 18.7 Å². The van der Waals surface area contributed by atoms with Gasteiger partial charge in [0.15, 0.2) is 16.2 Å². The van der Waals surface area contributed by atoms with Gasteiger partial charge in [-0.25, -0.2) is 13.4 Å². The highest BCUT2D eigenvalue weighted by atomic mass is 32.2. The fourth-order valence-corrected chi connectivity index (χ4v) is 4.65. The number of sulfone groups is 1. The molecule has 1 aliphatic heterocycles. The van der Waals surface area contributed by atoms with Gasteiger partial charge in [-0.3, -0.25) is 4.79 Å². The average Bonchev–Trinajstić information content (AvgIpc) is 3.15. The van der Waals surface area contributed by atoms with Gasteiger partial charge in [0.2, 0.25) is 5.76 Å². The van der Waals surface area contributed by atoms with Crippen molar-refractivity contribution in [2.45, 2.75) is 19.4 Å². The molecule has 3 rings (SSSR count). The second-order valence-corrected chi connectivity index (χ2v) is 7.77. The Labute approximate surface area is 135 Å². The zero-order valence-corrected chi connectivity index (χ0v) is 13.6. The first-order chi connectivity index (χ1) is 11.0. The van der Waals surface area contributed by atoms with Crippen LogP contribution >= 0.6 is 0 Å². The van der Waals surface area contributed by atoms with Crippen molar-refractivity contribution < 1.29 is 17.6 Å². The van der Waals surface area contributed by atoms with Crippen LogP contribution in [-0.4, -0.2) is 48.3 Å². The zero-order chi connectivity index (χ0) is 16.4. The molecule has 7 heteroatoms. The molecule has 0 bridgehead atoms. The Morgan fingerprint density at radius 3 is 2.70 bits per heavy atom. The van der Waals surface area contributed by atoms with Gasteiger partial charge in [-0.05, 0) is 13.3 Å². The van der Waals surface area contributed by atoms with Gasteiger partial charge in [0.25, 0.3) is 5.91 Å². The summed E-state index contributed by atoms with van der Waals surface area (Å²) in [5, 5.41) is 0. The van der Waals surface area contributed by atoms with Crippen LogP contribution in [-0.2, 0) is 9.84 Å². The molecule has 0 N–H and O–H groups in total. The molecule has 2 heterocycles. The van der Waals surface area contributed by atoms with Crippen LogP contribution in [0.1, 0.15) is 23.9 Å². The molecule has 0 saturated carbocycles. The fraction of sp³-hybridized carbons (Fsp3) is 0.375. The summed E-state index contributed by atoms with van der Waals surface area (Å²) in [7, 11) is -3.06. The Morgan fingerprint density at radius 1 is 1.35 bits per heavy atom. The van der Waals surface area contributed by atoms with Crippen LogP contribution in [0.2, 0.25) is 0 Å². The van der Waals surface area contributed by atoms with Crippen molar-refractivity contribution >= 4 is 15.7 Å². The normalized spacial score (nSPS) is 19.6. The first-order valence-electron chi connectivity index (χ1n) is 7.52. The van der Waals surface area contributed by atoms with E-state index in [4.69, 9.17) is 4.42 Å². The summed E-state index contributed by atoms with van der Waals surface area (Å²) in [6.07, 6.45) is 1.71. The van der Waals surface area contributed by atoms with E-state index in [9.17, 15) is 13.2 Å². The van der Waals surface area contributed by atoms with E-state index in [2.05, 4.69) is 4.98 Å². The SMILES string of the molecule is CCN(C(=O)c1ocnc1-c1ccccc1)C1CCS(=O)(=O)C1. The van der Waals surface area contributed by atoms with E-state index >= 15 is 0 Å². The Morgan fingerprint density at radius 2 is 2.09 bits per heavy atom. The summed E-state index contributed by atoms with van der Waals surface area (Å²) in [6.45, 7) is 2.26. The van der Waals surface area contributed by atoms with Gasteiger partial charge in [0.1, 0.15) is 5.69 Å². The zero-order valence-electron chi connectivity index (χ0n) is 12.8. The molecule has 1 aromatic carbocycles. The maximum Gasteiger partial charge on any atom is 0.292 e. The summed E-state index contributed by atoms with van der Waals surface area (Å²) in [5.74, 6) is -0.0153. The lowest BCUT2D eigenvalue weighted by molar-refractivity contribution is 0.0677. The molecular weight excluding hydrogens is 316 g/mol. The Balaban J connectivity index is 1.90. The standard InChI is InChI=1S/C16H18N2O4S/c1-2-18(13-8-9-23(20,21)10-13)16(19)15-14(17-11-22-15)12-6-4-3-5-7-12/h3-7,11,13H,2,8-10H2,1H3. The predicted molar refractivity (Wildman–Crippen MR) is 85.7 cm³/mol. The number of amides is 1. The van der Waals surface area contributed by atoms with E-state index < -0.39 is 9.84 Å². The lowest BCUT2D eigenvalue weighted by atomic mass is 10.1. The number of rotatable bonds is 4. The smallest absolute Gasteiger partial charge is 0.292 e. The van der Waals surface area contributed by atoms with E-state index in [0.717, 1.165) is 5.56 Å². The lowest BCUT2D eigenvalue weighted by Gasteiger charge is -2.26. The van der Waals surface area contributed by atoms with Gasteiger partial charge in [-0.2, -0.15) is 0 Å². The third-order valence-corrected chi connectivity index (χ3v) is 5.81. The summed E-state index contributed by atoms with van der Waals surface area (Å²) < 4.78 is 28.7. The second kappa shape index (κ2) is 6.16. The predicted octanol–water partition coefficient (Wildman–Crippen LogP) is 1.99. The summed E-state index contributed by atoms with van der Waals surface area (Å²) in [4.78, 5) is 18.5. The van der Waals surface area contributed by atoms with Crippen molar-refractivity contribution in [1.82, 2.24) is 9.88 Å². The molecule has 1 fully saturated rings. The third-order valence-electron chi connectivity index (χ3n) is 4.06. The number of nitrogens with zero attached hydrogens (tertiary/aromatic N) is 2. The Hall–Kier alpha value is -2.15. The number of oxazole rings is 1. The number of carbonyl (C=O) groups excluding carboxylic acids is 1. The van der Waals surface area contributed by atoms with E-state index in [1.165, 1.54) is 6.39 Å². The summed E-state index contributed by atoms with van der Waals surface area (Å²) in [6, 6.07) is 9.01. The molecule has 1 amide bonds. The van der Waals surface area contributed by atoms with Gasteiger partial charge in [0, 0.05) is 18.2 Å². The molecule has 1 saturated heterocycles. The molecule has 1 unspecified atom stereocenters. The minimum atomic E-state index is -3.06. The van der Waals surface area contributed by atoms with E-state index in [1.54, 1.807) is 4.90 Å². The number of hydrogen-bond donors (Lipinski definition) is 0. The van der Waals surface area contributed by atoms with Crippen molar-refractivity contribution in [3.8, 4) is 11.3 Å². The number of carbonyl (C=O) groups is 1. The molecule has 122 valence electrons. The summed E-state index contributed by atoms with van der Waals surface area (Å²) in [5.41, 5.74) is 1.27. The number of benzene rings is 1. The highest BCUT2D eigenvalue weighted by Gasteiger charge is 2.36. The molecule has 23 heavy (non-hydrogen) atoms. The number of hydrogen-bond acceptors (Lipinski definition) is 5. The first kappa shape index (κ1) is 15.7. The minimum Gasteiger partial charge on any atom is -0.438 e. The highest BCUT2D eigenvalue weighted by molar-refractivity contribution is 7.91. The van der Waals surface area contributed by atoms with Crippen LogP contribution in [0.4, 0.5) is 0 Å². The van der Waals surface area contributed by atoms with Gasteiger partial charge >= 0.3 is 0 Å². The molecule has 0 spiro atoms. The average molecular weight is 334 g/mol. The lowest BCUT2D eigenvalue weighted by Crippen LogP contribution is -2.41. The van der Waals surface area contributed by atoms with Gasteiger partial charge < -0.3 is 9.32 Å². The van der Waals surface area contributed by atoms with Gasteiger partial charge in [-0.15, -0.1) is 0 Å². The van der Waals surface area contributed by atoms with E-state index in [-0.39, 0.29) is 29.2 Å². The Kier molecular flexibility index (Phi) is 4.21. The minimum absolute atomic E-state index is 0.0153. The van der Waals surface area contributed by atoms with Crippen LogP contribution in [0.15, 0.2) is 41.1 Å². The molecule has 6 nitrogen and oxygen atoms in total. The molecule has 0 aliphatic carbocycles. The first-order valence-corrected chi connectivity index (χ1v) is 9.34. The van der Waals surface area contributed by atoms with Crippen molar-refractivity contribution in [3.05, 3.63) is 42.5 Å². The van der Waals surface area contributed by atoms with Crippen LogP contribution in [0, 0.1) is 0 Å². The summed E-state index contributed by atoms with van der Waals surface area (Å²) >= 11 is 0. The molecule has 0 radical (unpaired) electrons. The van der Waals surface area contributed by atoms with Crippen LogP contribution in [0.5, 0.6) is 0 Å². The van der Waals surface area contributed by atoms with E-state index in [1.807, 2.05) is 37.3 Å². The molecule has 1 aromatic heterocycles. The number of aromatic nitrogens is 1. The van der Waals surface area contributed by atoms with Crippen molar-refractivity contribution in [3.63, 3.8) is 0 Å². The maximum atomic E-state index is 12.8. The maximum absolute atomic E-state index is 12.8. The van der Waals surface area contributed by atoms with Crippen molar-refractivity contribution in [1.29, 1.82) is 0 Å². The fourth-order valence-electron chi connectivity index (χ4n) is 2.92. The molecule has 1 atom stereocenters. The highest BCUT2D eigenvalue weighted by Crippen LogP contribution is 2.25. The monoisotopic (exact) mass is 334 g/mol. The van der Waals surface area contributed by atoms with Crippen LogP contribution in [0.25, 0.3) is 11.3 Å². The molecular formula is C16H18N2O4S. The topological polar surface area (TPSA) is 80.5 Å². The second-order valence-electron chi connectivity index (χ2n) is 5.54. The molecule has 1 aliphatic rings. The third kappa shape index (κ3) is 3.14. The van der Waals surface area contributed by atoms with Crippen molar-refractivity contribution in [2.24, 2.45) is 0 Å². The van der Waals surface area contributed by atoms with Crippen LogP contribution < -0.4 is 0 Å². The Bertz CT molecular complexity index is 798. The van der Waals surface area contributed by atoms with Gasteiger partial charge in [0.05, 0.1) is 11.5 Å². The van der Waals surface area contributed by atoms with Gasteiger partial charge in [-0.1, -0.05) is 30.3 Å². The molecule has 2 aromatic rings.